The van der Waals surface area contributed by atoms with Crippen molar-refractivity contribution in [2.75, 3.05) is 0 Å². The molecule has 3 aromatic rings. The molecule has 0 N–H and O–H groups in total. The van der Waals surface area contributed by atoms with Gasteiger partial charge in [-0.15, -0.1) is 11.8 Å². The van der Waals surface area contributed by atoms with Crippen LogP contribution in [0.4, 0.5) is 0 Å². The number of thioether (sulfide) groups is 1. The van der Waals surface area contributed by atoms with E-state index < -0.39 is 0 Å². The number of rotatable bonds is 3. The second kappa shape index (κ2) is 5.87. The number of imidazole rings is 1. The largest absolute Gasteiger partial charge is 0.288 e. The summed E-state index contributed by atoms with van der Waals surface area (Å²) in [5, 5.41) is 1.34. The number of benzene rings is 1. The van der Waals surface area contributed by atoms with Gasteiger partial charge in [0.15, 0.2) is 0 Å². The third-order valence-corrected chi connectivity index (χ3v) is 5.12. The van der Waals surface area contributed by atoms with Gasteiger partial charge in [-0.05, 0) is 32.0 Å². The van der Waals surface area contributed by atoms with E-state index in [-0.39, 0.29) is 0 Å². The van der Waals surface area contributed by atoms with Crippen molar-refractivity contribution in [3.8, 4) is 0 Å². The van der Waals surface area contributed by atoms with Gasteiger partial charge < -0.3 is 0 Å². The van der Waals surface area contributed by atoms with Crippen LogP contribution in [0, 0.1) is 13.8 Å². The zero-order chi connectivity index (χ0) is 15.0. The molecule has 1 aromatic carbocycles. The smallest absolute Gasteiger partial charge is 0.234 e. The Morgan fingerprint density at radius 2 is 1.86 bits per heavy atom. The molecule has 0 unspecified atom stereocenters. The Balaban J connectivity index is 1.87. The van der Waals surface area contributed by atoms with Crippen LogP contribution in [0.1, 0.15) is 17.1 Å². The van der Waals surface area contributed by atoms with Crippen LogP contribution >= 0.6 is 35.0 Å². The molecule has 2 aromatic heterocycles. The number of hydrogen-bond acceptors (Lipinski definition) is 3. The van der Waals surface area contributed by atoms with Crippen LogP contribution in [-0.4, -0.2) is 14.4 Å². The molecule has 3 nitrogen and oxygen atoms in total. The second-order valence-electron chi connectivity index (χ2n) is 4.78. The van der Waals surface area contributed by atoms with Crippen LogP contribution in [0.5, 0.6) is 0 Å². The van der Waals surface area contributed by atoms with Gasteiger partial charge in [0, 0.05) is 28.2 Å². The van der Waals surface area contributed by atoms with Crippen LogP contribution in [0.15, 0.2) is 35.4 Å². The maximum Gasteiger partial charge on any atom is 0.234 e. The number of halogens is 2. The van der Waals surface area contributed by atoms with Gasteiger partial charge in [0.2, 0.25) is 5.78 Å². The predicted molar refractivity (Wildman–Crippen MR) is 88.5 cm³/mol. The molecule has 0 bridgehead atoms. The monoisotopic (exact) mass is 337 g/mol. The van der Waals surface area contributed by atoms with E-state index in [1.807, 2.05) is 48.7 Å². The molecule has 3 rings (SSSR count). The SMILES string of the molecule is Cc1cc(C)n2cc(CSc3c(Cl)cccc3Cl)nc2n1. The van der Waals surface area contributed by atoms with Crippen molar-refractivity contribution in [1.82, 2.24) is 14.4 Å². The van der Waals surface area contributed by atoms with E-state index in [1.165, 1.54) is 0 Å². The topological polar surface area (TPSA) is 30.2 Å². The van der Waals surface area contributed by atoms with Crippen molar-refractivity contribution in [1.29, 1.82) is 0 Å². The van der Waals surface area contributed by atoms with Crippen LogP contribution in [0.25, 0.3) is 5.78 Å². The van der Waals surface area contributed by atoms with Crippen LogP contribution < -0.4 is 0 Å². The van der Waals surface area contributed by atoms with Gasteiger partial charge in [-0.25, -0.2) is 9.97 Å². The van der Waals surface area contributed by atoms with Gasteiger partial charge in [-0.1, -0.05) is 29.3 Å². The molecule has 0 atom stereocenters. The third kappa shape index (κ3) is 3.03. The highest BCUT2D eigenvalue weighted by molar-refractivity contribution is 7.98. The fraction of sp³-hybridized carbons (Fsp3) is 0.200. The molecule has 0 spiro atoms. The standard InChI is InChI=1S/C15H13Cl2N3S/c1-9-6-10(2)20-7-11(19-15(20)18-9)8-21-14-12(16)4-3-5-13(14)17/h3-7H,8H2,1-2H3. The number of hydrogen-bond donors (Lipinski definition) is 0. The van der Waals surface area contributed by atoms with Crippen LogP contribution in [0.2, 0.25) is 10.0 Å². The Hall–Kier alpha value is -1.23. The highest BCUT2D eigenvalue weighted by atomic mass is 35.5. The second-order valence-corrected chi connectivity index (χ2v) is 6.58. The van der Waals surface area contributed by atoms with E-state index in [0.29, 0.717) is 15.8 Å². The minimum absolute atomic E-state index is 0.668. The fourth-order valence-electron chi connectivity index (χ4n) is 2.15. The summed E-state index contributed by atoms with van der Waals surface area (Å²) in [6.45, 7) is 4.02. The molecule has 0 radical (unpaired) electrons. The van der Waals surface area contributed by atoms with Gasteiger partial charge in [0.25, 0.3) is 0 Å². The molecule has 0 saturated carbocycles. The summed E-state index contributed by atoms with van der Waals surface area (Å²) < 4.78 is 2.00. The molecule has 0 aliphatic heterocycles. The van der Waals surface area contributed by atoms with E-state index in [0.717, 1.165) is 27.8 Å². The maximum atomic E-state index is 6.18. The Morgan fingerprint density at radius 1 is 1.14 bits per heavy atom. The molecule has 0 fully saturated rings. The predicted octanol–water partition coefficient (Wildman–Crippen LogP) is 4.95. The summed E-state index contributed by atoms with van der Waals surface area (Å²) >= 11 is 13.9. The van der Waals surface area contributed by atoms with E-state index in [1.54, 1.807) is 11.8 Å². The number of aryl methyl sites for hydroxylation is 2. The highest BCUT2D eigenvalue weighted by Gasteiger charge is 2.10. The molecule has 2 heterocycles. The zero-order valence-corrected chi connectivity index (χ0v) is 13.9. The minimum Gasteiger partial charge on any atom is -0.288 e. The number of nitrogens with zero attached hydrogens (tertiary/aromatic N) is 3. The Morgan fingerprint density at radius 3 is 2.57 bits per heavy atom. The van der Waals surface area contributed by atoms with Crippen molar-refractivity contribution in [3.05, 3.63) is 57.6 Å². The summed E-state index contributed by atoms with van der Waals surface area (Å²) in [7, 11) is 0. The number of fused-ring (bicyclic) bond motifs is 1. The fourth-order valence-corrected chi connectivity index (χ4v) is 3.72. The van der Waals surface area contributed by atoms with E-state index in [4.69, 9.17) is 23.2 Å². The third-order valence-electron chi connectivity index (χ3n) is 3.09. The lowest BCUT2D eigenvalue weighted by Gasteiger charge is -2.04. The highest BCUT2D eigenvalue weighted by Crippen LogP contribution is 2.35. The molecule has 108 valence electrons. The molecular formula is C15H13Cl2N3S. The van der Waals surface area contributed by atoms with Gasteiger partial charge >= 0.3 is 0 Å². The van der Waals surface area contributed by atoms with Crippen molar-refractivity contribution in [2.24, 2.45) is 0 Å². The zero-order valence-electron chi connectivity index (χ0n) is 11.6. The molecule has 0 aliphatic rings. The Kier molecular flexibility index (Phi) is 4.11. The van der Waals surface area contributed by atoms with E-state index in [9.17, 15) is 0 Å². The lowest BCUT2D eigenvalue weighted by atomic mass is 10.3. The van der Waals surface area contributed by atoms with Crippen molar-refractivity contribution < 1.29 is 0 Å². The van der Waals surface area contributed by atoms with Crippen LogP contribution in [0.3, 0.4) is 0 Å². The van der Waals surface area contributed by atoms with Gasteiger partial charge in [0.05, 0.1) is 15.7 Å². The number of aromatic nitrogens is 3. The van der Waals surface area contributed by atoms with Gasteiger partial charge in [-0.2, -0.15) is 0 Å². The first kappa shape index (κ1) is 14.7. The van der Waals surface area contributed by atoms with Crippen molar-refractivity contribution >= 4 is 40.7 Å². The van der Waals surface area contributed by atoms with Gasteiger partial charge in [0.1, 0.15) is 0 Å². The molecule has 21 heavy (non-hydrogen) atoms. The Labute approximate surface area is 137 Å². The first-order valence-corrected chi connectivity index (χ1v) is 8.18. The lowest BCUT2D eigenvalue weighted by Crippen LogP contribution is -1.94. The first-order chi connectivity index (χ1) is 10.0. The average Bonchev–Trinajstić information content (AvgIpc) is 2.81. The summed E-state index contributed by atoms with van der Waals surface area (Å²) in [5.74, 6) is 1.43. The maximum absolute atomic E-state index is 6.18. The van der Waals surface area contributed by atoms with Gasteiger partial charge in [-0.3, -0.25) is 4.40 Å². The summed E-state index contributed by atoms with van der Waals surface area (Å²) in [5.41, 5.74) is 3.05. The molecular weight excluding hydrogens is 325 g/mol. The van der Waals surface area contributed by atoms with Crippen LogP contribution in [-0.2, 0) is 5.75 Å². The summed E-state index contributed by atoms with van der Waals surface area (Å²) in [4.78, 5) is 9.88. The molecule has 0 saturated heterocycles. The first-order valence-electron chi connectivity index (χ1n) is 6.43. The molecule has 6 heteroatoms. The van der Waals surface area contributed by atoms with Crippen molar-refractivity contribution in [3.63, 3.8) is 0 Å². The average molecular weight is 338 g/mol. The van der Waals surface area contributed by atoms with Crippen molar-refractivity contribution in [2.45, 2.75) is 24.5 Å². The summed E-state index contributed by atoms with van der Waals surface area (Å²) in [6, 6.07) is 7.56. The quantitative estimate of drug-likeness (QED) is 0.633. The van der Waals surface area contributed by atoms with E-state index in [2.05, 4.69) is 9.97 Å². The Bertz CT molecular complexity index is 794. The lowest BCUT2D eigenvalue weighted by molar-refractivity contribution is 1.01. The molecule has 0 aliphatic carbocycles. The minimum atomic E-state index is 0.668. The van der Waals surface area contributed by atoms with E-state index >= 15 is 0 Å². The molecule has 0 amide bonds. The normalized spacial score (nSPS) is 11.2. The summed E-state index contributed by atoms with van der Waals surface area (Å²) in [6.07, 6.45) is 2.01.